The van der Waals surface area contributed by atoms with E-state index in [4.69, 9.17) is 9.47 Å². The Hall–Kier alpha value is -2.42. The number of ether oxygens (including phenoxy) is 2. The summed E-state index contributed by atoms with van der Waals surface area (Å²) in [6.07, 6.45) is 1.50. The number of amides is 1. The molecule has 0 saturated heterocycles. The maximum absolute atomic E-state index is 12.8. The molecule has 0 aliphatic carbocycles. The van der Waals surface area contributed by atoms with Crippen molar-refractivity contribution in [2.24, 2.45) is 0 Å². The lowest BCUT2D eigenvalue weighted by Crippen LogP contribution is -2.32. The van der Waals surface area contributed by atoms with Crippen LogP contribution in [0.3, 0.4) is 0 Å². The Labute approximate surface area is 179 Å². The van der Waals surface area contributed by atoms with E-state index in [-0.39, 0.29) is 10.8 Å². The molecule has 0 unspecified atom stereocenters. The second-order valence-electron chi connectivity index (χ2n) is 6.72. The number of hydrogen-bond acceptors (Lipinski definition) is 5. The van der Waals surface area contributed by atoms with Gasteiger partial charge in [-0.25, -0.2) is 8.42 Å². The van der Waals surface area contributed by atoms with Gasteiger partial charge in [0.1, 0.15) is 12.4 Å². The summed E-state index contributed by atoms with van der Waals surface area (Å²) in [7, 11) is -1.97. The largest absolute Gasteiger partial charge is 0.490 e. The van der Waals surface area contributed by atoms with Crippen LogP contribution in [0.25, 0.3) is 0 Å². The lowest BCUT2D eigenvalue weighted by molar-refractivity contribution is 0.101. The standard InChI is InChI=1S/C22H30N2O5S/c1-4-14-24(15-5-2)30(26,27)19-12-10-18(11-13-19)23-22(25)20-8-6-7-9-21(20)29-17-16-28-3/h6-13H,4-5,14-17H2,1-3H3,(H,23,25). The second-order valence-corrected chi connectivity index (χ2v) is 8.66. The minimum Gasteiger partial charge on any atom is -0.490 e. The Morgan fingerprint density at radius 1 is 0.967 bits per heavy atom. The molecule has 30 heavy (non-hydrogen) atoms. The van der Waals surface area contributed by atoms with Crippen LogP contribution in [0.2, 0.25) is 0 Å². The van der Waals surface area contributed by atoms with Crippen molar-refractivity contribution in [1.29, 1.82) is 0 Å². The number of nitrogens with one attached hydrogen (secondary N) is 1. The number of sulfonamides is 1. The molecule has 2 rings (SSSR count). The van der Waals surface area contributed by atoms with Crippen LogP contribution in [0.15, 0.2) is 53.4 Å². The number of rotatable bonds is 12. The summed E-state index contributed by atoms with van der Waals surface area (Å²) < 4.78 is 37.8. The number of anilines is 1. The summed E-state index contributed by atoms with van der Waals surface area (Å²) in [6.45, 7) is 5.61. The third-order valence-corrected chi connectivity index (χ3v) is 6.29. The van der Waals surface area contributed by atoms with E-state index >= 15 is 0 Å². The zero-order chi connectivity index (χ0) is 22.0. The average Bonchev–Trinajstić information content (AvgIpc) is 2.74. The van der Waals surface area contributed by atoms with Crippen molar-refractivity contribution in [3.8, 4) is 5.75 Å². The molecule has 8 heteroatoms. The molecular weight excluding hydrogens is 404 g/mol. The van der Waals surface area contributed by atoms with Gasteiger partial charge >= 0.3 is 0 Å². The third kappa shape index (κ3) is 6.29. The van der Waals surface area contributed by atoms with Gasteiger partial charge in [0.2, 0.25) is 10.0 Å². The van der Waals surface area contributed by atoms with Gasteiger partial charge in [0.15, 0.2) is 0 Å². The monoisotopic (exact) mass is 434 g/mol. The van der Waals surface area contributed by atoms with Gasteiger partial charge in [-0.2, -0.15) is 4.31 Å². The molecule has 0 aliphatic heterocycles. The predicted molar refractivity (Wildman–Crippen MR) is 118 cm³/mol. The molecule has 0 atom stereocenters. The van der Waals surface area contributed by atoms with E-state index in [1.165, 1.54) is 16.4 Å². The minimum absolute atomic E-state index is 0.214. The van der Waals surface area contributed by atoms with Crippen molar-refractivity contribution in [2.45, 2.75) is 31.6 Å². The lowest BCUT2D eigenvalue weighted by Gasteiger charge is -2.21. The van der Waals surface area contributed by atoms with E-state index in [0.717, 1.165) is 12.8 Å². The fourth-order valence-electron chi connectivity index (χ4n) is 2.92. The zero-order valence-corrected chi connectivity index (χ0v) is 18.6. The molecule has 1 N–H and O–H groups in total. The SMILES string of the molecule is CCCN(CCC)S(=O)(=O)c1ccc(NC(=O)c2ccccc2OCCOC)cc1. The molecule has 1 amide bonds. The van der Waals surface area contributed by atoms with Crippen LogP contribution in [0.5, 0.6) is 5.75 Å². The van der Waals surface area contributed by atoms with Crippen LogP contribution in [0.1, 0.15) is 37.0 Å². The topological polar surface area (TPSA) is 84.9 Å². The summed E-state index contributed by atoms with van der Waals surface area (Å²) in [6, 6.07) is 13.2. The number of para-hydroxylation sites is 1. The molecule has 2 aromatic rings. The minimum atomic E-state index is -3.55. The van der Waals surface area contributed by atoms with Gasteiger partial charge in [-0.1, -0.05) is 26.0 Å². The molecule has 0 heterocycles. The quantitative estimate of drug-likeness (QED) is 0.514. The van der Waals surface area contributed by atoms with Crippen LogP contribution in [-0.4, -0.2) is 52.0 Å². The normalized spacial score (nSPS) is 11.5. The van der Waals surface area contributed by atoms with Crippen LogP contribution < -0.4 is 10.1 Å². The van der Waals surface area contributed by atoms with Gasteiger partial charge in [-0.15, -0.1) is 0 Å². The van der Waals surface area contributed by atoms with E-state index in [2.05, 4.69) is 5.32 Å². The van der Waals surface area contributed by atoms with Crippen molar-refractivity contribution in [1.82, 2.24) is 4.31 Å². The molecule has 7 nitrogen and oxygen atoms in total. The number of methoxy groups -OCH3 is 1. The number of carbonyl (C=O) groups excluding carboxylic acids is 1. The Morgan fingerprint density at radius 3 is 2.20 bits per heavy atom. The van der Waals surface area contributed by atoms with Crippen LogP contribution in [-0.2, 0) is 14.8 Å². The molecule has 2 aromatic carbocycles. The average molecular weight is 435 g/mol. The summed E-state index contributed by atoms with van der Waals surface area (Å²) in [5.41, 5.74) is 0.894. The third-order valence-electron chi connectivity index (χ3n) is 4.37. The first-order chi connectivity index (χ1) is 14.4. The molecular formula is C22H30N2O5S. The molecule has 0 bridgehead atoms. The molecule has 0 radical (unpaired) electrons. The Morgan fingerprint density at radius 2 is 1.60 bits per heavy atom. The van der Waals surface area contributed by atoms with E-state index in [0.29, 0.717) is 43.3 Å². The summed E-state index contributed by atoms with van der Waals surface area (Å²) in [5.74, 6) is 0.123. The van der Waals surface area contributed by atoms with Gasteiger partial charge in [-0.05, 0) is 49.2 Å². The van der Waals surface area contributed by atoms with Gasteiger partial charge < -0.3 is 14.8 Å². The highest BCUT2D eigenvalue weighted by molar-refractivity contribution is 7.89. The number of nitrogens with zero attached hydrogens (tertiary/aromatic N) is 1. The Bertz CT molecular complexity index is 907. The van der Waals surface area contributed by atoms with Crippen LogP contribution in [0.4, 0.5) is 5.69 Å². The summed E-state index contributed by atoms with van der Waals surface area (Å²) in [5, 5.41) is 2.79. The highest BCUT2D eigenvalue weighted by Crippen LogP contribution is 2.22. The van der Waals surface area contributed by atoms with Crippen LogP contribution >= 0.6 is 0 Å². The molecule has 0 aromatic heterocycles. The number of carbonyl (C=O) groups is 1. The molecule has 0 aliphatic rings. The van der Waals surface area contributed by atoms with Gasteiger partial charge in [0.05, 0.1) is 17.1 Å². The van der Waals surface area contributed by atoms with E-state index in [1.807, 2.05) is 13.8 Å². The Balaban J connectivity index is 2.13. The predicted octanol–water partition coefficient (Wildman–Crippen LogP) is 3.77. The first kappa shape index (κ1) is 23.9. The molecule has 0 saturated carbocycles. The second kappa shape index (κ2) is 11.7. The molecule has 164 valence electrons. The van der Waals surface area contributed by atoms with Crippen molar-refractivity contribution in [3.05, 3.63) is 54.1 Å². The number of benzene rings is 2. The Kier molecular flexibility index (Phi) is 9.29. The maximum Gasteiger partial charge on any atom is 0.259 e. The van der Waals surface area contributed by atoms with Crippen LogP contribution in [0, 0.1) is 0 Å². The summed E-state index contributed by atoms with van der Waals surface area (Å²) >= 11 is 0. The molecule has 0 spiro atoms. The van der Waals surface area contributed by atoms with Crippen molar-refractivity contribution in [2.75, 3.05) is 38.7 Å². The van der Waals surface area contributed by atoms with E-state index < -0.39 is 10.0 Å². The molecule has 0 fully saturated rings. The van der Waals surface area contributed by atoms with Crippen molar-refractivity contribution in [3.63, 3.8) is 0 Å². The smallest absolute Gasteiger partial charge is 0.259 e. The lowest BCUT2D eigenvalue weighted by atomic mass is 10.2. The van der Waals surface area contributed by atoms with E-state index in [9.17, 15) is 13.2 Å². The van der Waals surface area contributed by atoms with Gasteiger partial charge in [0, 0.05) is 25.9 Å². The number of hydrogen-bond donors (Lipinski definition) is 1. The first-order valence-electron chi connectivity index (χ1n) is 10.1. The van der Waals surface area contributed by atoms with Gasteiger partial charge in [0.25, 0.3) is 5.91 Å². The zero-order valence-electron chi connectivity index (χ0n) is 17.8. The fraction of sp³-hybridized carbons (Fsp3) is 0.409. The highest BCUT2D eigenvalue weighted by atomic mass is 32.2. The van der Waals surface area contributed by atoms with Crippen molar-refractivity contribution < 1.29 is 22.7 Å². The van der Waals surface area contributed by atoms with Crippen molar-refractivity contribution >= 4 is 21.6 Å². The van der Waals surface area contributed by atoms with E-state index in [1.54, 1.807) is 43.5 Å². The first-order valence-corrected chi connectivity index (χ1v) is 11.5. The highest BCUT2D eigenvalue weighted by Gasteiger charge is 2.23. The fourth-order valence-corrected chi connectivity index (χ4v) is 4.55. The van der Waals surface area contributed by atoms with Gasteiger partial charge in [-0.3, -0.25) is 4.79 Å². The summed E-state index contributed by atoms with van der Waals surface area (Å²) in [4.78, 5) is 12.9. The maximum atomic E-state index is 12.8.